The zero-order valence-electron chi connectivity index (χ0n) is 10.2. The Bertz CT molecular complexity index is 708. The number of nitrogens with zero attached hydrogens (tertiary/aromatic N) is 4. The van der Waals surface area contributed by atoms with Crippen LogP contribution in [0.3, 0.4) is 0 Å². The van der Waals surface area contributed by atoms with E-state index in [1.807, 2.05) is 25.1 Å². The Kier molecular flexibility index (Phi) is 2.68. The fourth-order valence-electron chi connectivity index (χ4n) is 1.75. The summed E-state index contributed by atoms with van der Waals surface area (Å²) in [6, 6.07) is 7.30. The monoisotopic (exact) mass is 253 g/mol. The van der Waals surface area contributed by atoms with Crippen molar-refractivity contribution in [1.29, 1.82) is 0 Å². The molecule has 0 radical (unpaired) electrons. The first kappa shape index (κ1) is 11.3. The van der Waals surface area contributed by atoms with Crippen molar-refractivity contribution in [3.63, 3.8) is 0 Å². The van der Waals surface area contributed by atoms with Crippen molar-refractivity contribution in [2.24, 2.45) is 0 Å². The van der Waals surface area contributed by atoms with Crippen molar-refractivity contribution >= 4 is 5.69 Å². The Morgan fingerprint density at radius 3 is 2.89 bits per heavy atom. The predicted molar refractivity (Wildman–Crippen MR) is 69.9 cm³/mol. The largest absolute Gasteiger partial charge is 0.398 e. The van der Waals surface area contributed by atoms with Gasteiger partial charge in [0.1, 0.15) is 12.0 Å². The van der Waals surface area contributed by atoms with Gasteiger partial charge in [0.25, 0.3) is 5.89 Å². The van der Waals surface area contributed by atoms with Gasteiger partial charge < -0.3 is 10.3 Å². The first-order valence-electron chi connectivity index (χ1n) is 5.71. The molecule has 1 aromatic carbocycles. The fourth-order valence-corrected chi connectivity index (χ4v) is 1.75. The van der Waals surface area contributed by atoms with Gasteiger partial charge in [0.05, 0.1) is 0 Å². The highest BCUT2D eigenvalue weighted by atomic mass is 16.5. The van der Waals surface area contributed by atoms with Crippen LogP contribution in [0.15, 0.2) is 41.3 Å². The van der Waals surface area contributed by atoms with Crippen molar-refractivity contribution in [3.05, 3.63) is 42.4 Å². The highest BCUT2D eigenvalue weighted by molar-refractivity contribution is 5.67. The third kappa shape index (κ3) is 2.03. The summed E-state index contributed by atoms with van der Waals surface area (Å²) in [5, 5.41) is 3.92. The van der Waals surface area contributed by atoms with E-state index in [4.69, 9.17) is 10.3 Å². The lowest BCUT2D eigenvalue weighted by molar-refractivity contribution is 0.432. The van der Waals surface area contributed by atoms with Crippen molar-refractivity contribution in [1.82, 2.24) is 20.1 Å². The molecule has 0 unspecified atom stereocenters. The van der Waals surface area contributed by atoms with Gasteiger partial charge in [-0.2, -0.15) is 4.98 Å². The van der Waals surface area contributed by atoms with E-state index in [9.17, 15) is 0 Å². The van der Waals surface area contributed by atoms with Crippen LogP contribution in [0.4, 0.5) is 5.69 Å². The molecule has 2 heterocycles. The van der Waals surface area contributed by atoms with Crippen LogP contribution in [-0.2, 0) is 0 Å². The summed E-state index contributed by atoms with van der Waals surface area (Å²) >= 11 is 0. The second-order valence-electron chi connectivity index (χ2n) is 4.04. The number of benzene rings is 1. The Balaban J connectivity index is 2.05. The molecule has 3 rings (SSSR count). The van der Waals surface area contributed by atoms with Crippen LogP contribution in [0, 0.1) is 6.92 Å². The smallest absolute Gasteiger partial charge is 0.258 e. The molecule has 0 atom stereocenters. The van der Waals surface area contributed by atoms with Gasteiger partial charge in [0, 0.05) is 17.4 Å². The van der Waals surface area contributed by atoms with E-state index in [0.717, 1.165) is 11.1 Å². The molecule has 6 heteroatoms. The Morgan fingerprint density at radius 2 is 2.11 bits per heavy atom. The van der Waals surface area contributed by atoms with E-state index >= 15 is 0 Å². The lowest BCUT2D eigenvalue weighted by Crippen LogP contribution is -1.92. The average Bonchev–Trinajstić information content (AvgIpc) is 2.92. The topological polar surface area (TPSA) is 90.7 Å². The quantitative estimate of drug-likeness (QED) is 0.703. The molecule has 0 spiro atoms. The fraction of sp³-hybridized carbons (Fsp3) is 0.0769. The van der Waals surface area contributed by atoms with Gasteiger partial charge in [-0.3, -0.25) is 0 Å². The zero-order valence-corrected chi connectivity index (χ0v) is 10.2. The summed E-state index contributed by atoms with van der Waals surface area (Å²) in [4.78, 5) is 12.3. The maximum absolute atomic E-state index is 5.87. The summed E-state index contributed by atoms with van der Waals surface area (Å²) < 4.78 is 5.26. The molecule has 0 aliphatic carbocycles. The van der Waals surface area contributed by atoms with E-state index in [-0.39, 0.29) is 0 Å². The van der Waals surface area contributed by atoms with E-state index in [1.54, 1.807) is 12.3 Å². The minimum atomic E-state index is 0.429. The summed E-state index contributed by atoms with van der Waals surface area (Å²) in [6.07, 6.45) is 3.07. The van der Waals surface area contributed by atoms with Gasteiger partial charge in [-0.25, -0.2) is 9.97 Å². The van der Waals surface area contributed by atoms with E-state index in [2.05, 4.69) is 20.1 Å². The second kappa shape index (κ2) is 4.49. The highest BCUT2D eigenvalue weighted by Crippen LogP contribution is 2.26. The molecule has 0 aliphatic heterocycles. The third-order valence-corrected chi connectivity index (χ3v) is 2.84. The van der Waals surface area contributed by atoms with E-state index < -0.39 is 0 Å². The van der Waals surface area contributed by atoms with Crippen LogP contribution < -0.4 is 5.73 Å². The van der Waals surface area contributed by atoms with Crippen molar-refractivity contribution in [2.75, 3.05) is 5.73 Å². The predicted octanol–water partition coefficient (Wildman–Crippen LogP) is 2.08. The normalized spacial score (nSPS) is 10.6. The minimum absolute atomic E-state index is 0.429. The molecule has 2 N–H and O–H groups in total. The number of aromatic nitrogens is 4. The number of rotatable bonds is 2. The number of nitrogen functional groups attached to an aromatic ring is 1. The molecule has 0 bridgehead atoms. The minimum Gasteiger partial charge on any atom is -0.398 e. The number of nitrogens with two attached hydrogens (primary N) is 1. The van der Waals surface area contributed by atoms with Crippen LogP contribution in [0.25, 0.3) is 23.0 Å². The summed E-state index contributed by atoms with van der Waals surface area (Å²) in [7, 11) is 0. The molecule has 2 aromatic heterocycles. The van der Waals surface area contributed by atoms with Gasteiger partial charge >= 0.3 is 0 Å². The van der Waals surface area contributed by atoms with E-state index in [1.165, 1.54) is 6.33 Å². The molecule has 94 valence electrons. The van der Waals surface area contributed by atoms with Crippen molar-refractivity contribution in [3.8, 4) is 23.0 Å². The number of anilines is 1. The molecule has 0 fully saturated rings. The van der Waals surface area contributed by atoms with Gasteiger partial charge in [0.2, 0.25) is 5.82 Å². The first-order valence-corrected chi connectivity index (χ1v) is 5.71. The van der Waals surface area contributed by atoms with Crippen LogP contribution in [0.1, 0.15) is 5.56 Å². The Labute approximate surface area is 109 Å². The molecular formula is C13H11N5O. The number of hydrogen-bond acceptors (Lipinski definition) is 6. The lowest BCUT2D eigenvalue weighted by atomic mass is 10.1. The molecule has 0 amide bonds. The molecule has 0 aliphatic rings. The highest BCUT2D eigenvalue weighted by Gasteiger charge is 2.13. The molecule has 6 nitrogen and oxygen atoms in total. The Hall–Kier alpha value is -2.76. The zero-order chi connectivity index (χ0) is 13.2. The molecule has 0 saturated heterocycles. The van der Waals surface area contributed by atoms with Crippen molar-refractivity contribution < 1.29 is 4.52 Å². The summed E-state index contributed by atoms with van der Waals surface area (Å²) in [5.41, 5.74) is 8.92. The van der Waals surface area contributed by atoms with Crippen LogP contribution in [0.2, 0.25) is 0 Å². The summed E-state index contributed by atoms with van der Waals surface area (Å²) in [5.74, 6) is 0.859. The number of hydrogen-bond donors (Lipinski definition) is 1. The molecule has 3 aromatic rings. The second-order valence-corrected chi connectivity index (χ2v) is 4.04. The van der Waals surface area contributed by atoms with Crippen molar-refractivity contribution in [2.45, 2.75) is 6.92 Å². The van der Waals surface area contributed by atoms with Crippen LogP contribution in [0.5, 0.6) is 0 Å². The lowest BCUT2D eigenvalue weighted by Gasteiger charge is -2.02. The summed E-state index contributed by atoms with van der Waals surface area (Å²) in [6.45, 7) is 1.92. The van der Waals surface area contributed by atoms with Gasteiger partial charge in [-0.15, -0.1) is 0 Å². The molecule has 0 saturated carbocycles. The Morgan fingerprint density at radius 1 is 1.21 bits per heavy atom. The first-order chi connectivity index (χ1) is 9.25. The van der Waals surface area contributed by atoms with Crippen LogP contribution in [-0.4, -0.2) is 20.1 Å². The molecular weight excluding hydrogens is 242 g/mol. The standard InChI is InChI=1S/C13H11N5O/c1-8-9(3-2-4-10(8)14)13-17-12(18-19-13)11-5-6-15-7-16-11/h2-7H,14H2,1H3. The average molecular weight is 253 g/mol. The van der Waals surface area contributed by atoms with Gasteiger partial charge in [0.15, 0.2) is 0 Å². The van der Waals surface area contributed by atoms with Gasteiger partial charge in [-0.1, -0.05) is 11.2 Å². The van der Waals surface area contributed by atoms with Crippen LogP contribution >= 0.6 is 0 Å². The maximum Gasteiger partial charge on any atom is 0.258 e. The van der Waals surface area contributed by atoms with E-state index in [0.29, 0.717) is 23.1 Å². The molecule has 19 heavy (non-hydrogen) atoms. The third-order valence-electron chi connectivity index (χ3n) is 2.84. The SMILES string of the molecule is Cc1c(N)cccc1-c1nc(-c2ccncn2)no1. The van der Waals surface area contributed by atoms with Gasteiger partial charge in [-0.05, 0) is 30.7 Å². The maximum atomic E-state index is 5.87.